The lowest BCUT2D eigenvalue weighted by atomic mass is 10.0. The molecule has 204 valence electrons. The molecule has 3 aromatic rings. The summed E-state index contributed by atoms with van der Waals surface area (Å²) in [5.74, 6) is -3.02. The lowest BCUT2D eigenvalue weighted by Crippen LogP contribution is -2.36. The number of carboxylic acids is 1. The molecular weight excluding hydrogens is 527 g/mol. The number of benzene rings is 2. The Morgan fingerprint density at radius 2 is 1.95 bits per heavy atom. The average molecular weight is 555 g/mol. The van der Waals surface area contributed by atoms with Crippen LogP contribution in [0.25, 0.3) is 0 Å². The summed E-state index contributed by atoms with van der Waals surface area (Å²) >= 11 is 1.50. The molecule has 2 heterocycles. The van der Waals surface area contributed by atoms with Crippen molar-refractivity contribution < 1.29 is 33.4 Å². The maximum atomic E-state index is 14.7. The largest absolute Gasteiger partial charge is 0.497 e. The number of halogens is 1. The van der Waals surface area contributed by atoms with Gasteiger partial charge in [0.25, 0.3) is 0 Å². The number of nitrogens with one attached hydrogen (secondary N) is 3. The van der Waals surface area contributed by atoms with Gasteiger partial charge in [0.15, 0.2) is 0 Å². The number of nitrogens with zero attached hydrogens (tertiary/aromatic N) is 1. The number of carbonyl (C=O) groups is 4. The Labute approximate surface area is 227 Å². The molecule has 2 unspecified atom stereocenters. The molecule has 4 amide bonds. The number of carbonyl (C=O) groups excluding carboxylic acids is 3. The van der Waals surface area contributed by atoms with Gasteiger partial charge in [0, 0.05) is 23.5 Å². The van der Waals surface area contributed by atoms with E-state index >= 15 is 0 Å². The molecule has 0 spiro atoms. The summed E-state index contributed by atoms with van der Waals surface area (Å²) in [5, 5.41) is 19.3. The molecule has 1 aliphatic heterocycles. The number of amides is 4. The SMILES string of the molecule is COc1ccc(C(CC(=O)O)NC(=O)C2CC(=O)N(c3cc(NC(=O)NCc4cccs4)ccc3F)C2)cc1. The highest BCUT2D eigenvalue weighted by atomic mass is 32.1. The van der Waals surface area contributed by atoms with Gasteiger partial charge in [-0.3, -0.25) is 14.4 Å². The molecule has 0 aliphatic carbocycles. The van der Waals surface area contributed by atoms with E-state index < -0.39 is 41.6 Å². The van der Waals surface area contributed by atoms with Gasteiger partial charge in [-0.2, -0.15) is 0 Å². The number of rotatable bonds is 10. The van der Waals surface area contributed by atoms with E-state index in [9.17, 15) is 28.7 Å². The molecule has 0 radical (unpaired) electrons. The van der Waals surface area contributed by atoms with Gasteiger partial charge in [-0.15, -0.1) is 11.3 Å². The Bertz CT molecular complexity index is 1350. The Kier molecular flexibility index (Phi) is 8.77. The van der Waals surface area contributed by atoms with E-state index in [1.165, 1.54) is 30.6 Å². The lowest BCUT2D eigenvalue weighted by molar-refractivity contribution is -0.138. The van der Waals surface area contributed by atoms with E-state index in [1.54, 1.807) is 24.3 Å². The van der Waals surface area contributed by atoms with Crippen LogP contribution in [-0.4, -0.2) is 42.6 Å². The zero-order valence-electron chi connectivity index (χ0n) is 21.0. The number of thiophene rings is 1. The van der Waals surface area contributed by atoms with Crippen LogP contribution in [0, 0.1) is 11.7 Å². The number of anilines is 2. The summed E-state index contributed by atoms with van der Waals surface area (Å²) in [6, 6.07) is 12.9. The average Bonchev–Trinajstić information content (AvgIpc) is 3.58. The first-order valence-electron chi connectivity index (χ1n) is 12.1. The van der Waals surface area contributed by atoms with Crippen molar-refractivity contribution in [2.45, 2.75) is 25.4 Å². The fourth-order valence-corrected chi connectivity index (χ4v) is 4.87. The minimum atomic E-state index is -1.11. The molecule has 4 rings (SSSR count). The van der Waals surface area contributed by atoms with Crippen molar-refractivity contribution in [3.63, 3.8) is 0 Å². The molecule has 1 saturated heterocycles. The third-order valence-electron chi connectivity index (χ3n) is 6.21. The van der Waals surface area contributed by atoms with Crippen LogP contribution in [-0.2, 0) is 20.9 Å². The van der Waals surface area contributed by atoms with Crippen LogP contribution < -0.4 is 25.6 Å². The number of urea groups is 1. The van der Waals surface area contributed by atoms with Crippen molar-refractivity contribution in [1.29, 1.82) is 0 Å². The second-order valence-corrected chi connectivity index (χ2v) is 9.92. The fraction of sp³-hybridized carbons (Fsp3) is 0.259. The Morgan fingerprint density at radius 3 is 2.62 bits per heavy atom. The standard InChI is InChI=1S/C27H27FN4O6S/c1-38-19-7-4-16(5-8-19)22(13-25(34)35)31-26(36)17-11-24(33)32(15-17)23-12-18(6-9-21(23)28)30-27(37)29-14-20-3-2-10-39-20/h2-10,12,17,22H,11,13-15H2,1H3,(H,31,36)(H,34,35)(H2,29,30,37). The monoisotopic (exact) mass is 554 g/mol. The zero-order chi connectivity index (χ0) is 27.9. The van der Waals surface area contributed by atoms with Gasteiger partial charge in [-0.1, -0.05) is 18.2 Å². The van der Waals surface area contributed by atoms with Gasteiger partial charge in [-0.25, -0.2) is 9.18 Å². The quantitative estimate of drug-likeness (QED) is 0.300. The smallest absolute Gasteiger partial charge is 0.319 e. The Morgan fingerprint density at radius 1 is 1.18 bits per heavy atom. The molecule has 2 aromatic carbocycles. The van der Waals surface area contributed by atoms with Gasteiger partial charge in [0.1, 0.15) is 11.6 Å². The summed E-state index contributed by atoms with van der Waals surface area (Å²) < 4.78 is 19.9. The topological polar surface area (TPSA) is 137 Å². The first-order valence-corrected chi connectivity index (χ1v) is 12.9. The van der Waals surface area contributed by atoms with Crippen LogP contribution in [0.3, 0.4) is 0 Å². The van der Waals surface area contributed by atoms with Crippen LogP contribution in [0.5, 0.6) is 5.75 Å². The molecule has 1 aromatic heterocycles. The first-order chi connectivity index (χ1) is 18.7. The summed E-state index contributed by atoms with van der Waals surface area (Å²) in [6.45, 7) is 0.233. The van der Waals surface area contributed by atoms with Crippen molar-refractivity contribution in [1.82, 2.24) is 10.6 Å². The third kappa shape index (κ3) is 7.11. The van der Waals surface area contributed by atoms with Gasteiger partial charge in [-0.05, 0) is 47.3 Å². The highest BCUT2D eigenvalue weighted by Crippen LogP contribution is 2.31. The molecule has 1 aliphatic rings. The van der Waals surface area contributed by atoms with Gasteiger partial charge < -0.3 is 30.7 Å². The van der Waals surface area contributed by atoms with Crippen molar-refractivity contribution in [3.05, 3.63) is 76.2 Å². The molecule has 1 fully saturated rings. The maximum absolute atomic E-state index is 14.7. The van der Waals surface area contributed by atoms with Gasteiger partial charge >= 0.3 is 12.0 Å². The summed E-state index contributed by atoms with van der Waals surface area (Å²) in [7, 11) is 1.50. The summed E-state index contributed by atoms with van der Waals surface area (Å²) in [4.78, 5) is 51.7. The normalized spacial score (nSPS) is 15.5. The Hall–Kier alpha value is -4.45. The molecule has 39 heavy (non-hydrogen) atoms. The van der Waals surface area contributed by atoms with Gasteiger partial charge in [0.05, 0.1) is 37.7 Å². The second kappa shape index (κ2) is 12.4. The van der Waals surface area contributed by atoms with E-state index in [1.807, 2.05) is 17.5 Å². The van der Waals surface area contributed by atoms with Crippen molar-refractivity contribution in [2.75, 3.05) is 23.9 Å². The molecule has 10 nitrogen and oxygen atoms in total. The van der Waals surface area contributed by atoms with Crippen molar-refractivity contribution in [3.8, 4) is 5.75 Å². The molecule has 0 saturated carbocycles. The van der Waals surface area contributed by atoms with Crippen molar-refractivity contribution >= 4 is 46.5 Å². The fourth-order valence-electron chi connectivity index (χ4n) is 4.22. The second-order valence-electron chi connectivity index (χ2n) is 8.89. The highest BCUT2D eigenvalue weighted by Gasteiger charge is 2.37. The van der Waals surface area contributed by atoms with E-state index in [0.717, 1.165) is 15.8 Å². The minimum absolute atomic E-state index is 0.0661. The number of carboxylic acid groups (broad SMARTS) is 1. The first kappa shape index (κ1) is 27.6. The summed E-state index contributed by atoms with van der Waals surface area (Å²) in [5.41, 5.74) is 0.773. The lowest BCUT2D eigenvalue weighted by Gasteiger charge is -2.21. The molecule has 2 atom stereocenters. The van der Waals surface area contributed by atoms with E-state index in [4.69, 9.17) is 4.74 Å². The zero-order valence-corrected chi connectivity index (χ0v) is 21.8. The number of methoxy groups -OCH3 is 1. The molecule has 4 N–H and O–H groups in total. The maximum Gasteiger partial charge on any atom is 0.319 e. The van der Waals surface area contributed by atoms with Crippen LogP contribution in [0.15, 0.2) is 60.0 Å². The van der Waals surface area contributed by atoms with Crippen LogP contribution in [0.1, 0.15) is 29.3 Å². The summed E-state index contributed by atoms with van der Waals surface area (Å²) in [6.07, 6.45) is -0.536. The van der Waals surface area contributed by atoms with Crippen molar-refractivity contribution in [2.24, 2.45) is 5.92 Å². The minimum Gasteiger partial charge on any atom is -0.497 e. The third-order valence-corrected chi connectivity index (χ3v) is 7.08. The molecule has 0 bridgehead atoms. The number of hydrogen-bond donors (Lipinski definition) is 4. The predicted octanol–water partition coefficient (Wildman–Crippen LogP) is 3.90. The number of aliphatic carboxylic acids is 1. The molecular formula is C27H27FN4O6S. The molecule has 12 heteroatoms. The number of hydrogen-bond acceptors (Lipinski definition) is 6. The predicted molar refractivity (Wildman–Crippen MR) is 143 cm³/mol. The highest BCUT2D eigenvalue weighted by molar-refractivity contribution is 7.09. The number of ether oxygens (including phenoxy) is 1. The van der Waals surface area contributed by atoms with Crippen LogP contribution in [0.4, 0.5) is 20.6 Å². The van der Waals surface area contributed by atoms with Crippen LogP contribution >= 0.6 is 11.3 Å². The Balaban J connectivity index is 1.42. The van der Waals surface area contributed by atoms with Crippen LogP contribution in [0.2, 0.25) is 0 Å². The van der Waals surface area contributed by atoms with E-state index in [2.05, 4.69) is 16.0 Å². The van der Waals surface area contributed by atoms with E-state index in [-0.39, 0.29) is 30.8 Å². The van der Waals surface area contributed by atoms with E-state index in [0.29, 0.717) is 17.9 Å². The van der Waals surface area contributed by atoms with Gasteiger partial charge in [0.2, 0.25) is 11.8 Å².